The number of carbonyl (C=O) groups is 2. The molecule has 1 amide bonds. The third-order valence-electron chi connectivity index (χ3n) is 4.59. The maximum absolute atomic E-state index is 12.4. The van der Waals surface area contributed by atoms with Crippen LogP contribution in [0.3, 0.4) is 0 Å². The molecular weight excluding hydrogens is 460 g/mol. The monoisotopic (exact) mass is 480 g/mol. The van der Waals surface area contributed by atoms with Crippen molar-refractivity contribution in [2.24, 2.45) is 10.2 Å². The summed E-state index contributed by atoms with van der Waals surface area (Å²) in [5.41, 5.74) is 3.27. The summed E-state index contributed by atoms with van der Waals surface area (Å²) in [6, 6.07) is 14.2. The predicted molar refractivity (Wildman–Crippen MR) is 124 cm³/mol. The van der Waals surface area contributed by atoms with E-state index in [0.29, 0.717) is 28.6 Å². The maximum atomic E-state index is 12.4. The Morgan fingerprint density at radius 1 is 0.886 bits per heavy atom. The summed E-state index contributed by atoms with van der Waals surface area (Å²) >= 11 is 0. The molecule has 3 aromatic rings. The topological polar surface area (TPSA) is 151 Å². The van der Waals surface area contributed by atoms with E-state index in [9.17, 15) is 19.7 Å². The Labute approximate surface area is 199 Å². The lowest BCUT2D eigenvalue weighted by Gasteiger charge is -2.14. The van der Waals surface area contributed by atoms with Gasteiger partial charge in [-0.05, 0) is 42.5 Å². The molecule has 0 radical (unpaired) electrons. The maximum Gasteiger partial charge on any atom is 0.363 e. The van der Waals surface area contributed by atoms with Gasteiger partial charge in [-0.15, -0.1) is 10.2 Å². The highest BCUT2D eigenvalue weighted by Gasteiger charge is 2.18. The standard InChI is InChI=1S/C23H20N4O8/c1-32-19-12-15(13-20(33-2)21(19)34-3)23(29)35-26-17-9-7-16(8-10-17)24-25-22(28)14-5-4-6-18(11-14)27(30)31/h4-13,26H,1-3H3. The van der Waals surface area contributed by atoms with Gasteiger partial charge >= 0.3 is 5.97 Å². The third kappa shape index (κ3) is 6.07. The van der Waals surface area contributed by atoms with E-state index in [1.807, 2.05) is 0 Å². The van der Waals surface area contributed by atoms with Crippen LogP contribution in [0.4, 0.5) is 17.1 Å². The van der Waals surface area contributed by atoms with E-state index in [2.05, 4.69) is 15.7 Å². The lowest BCUT2D eigenvalue weighted by Crippen LogP contribution is -2.11. The van der Waals surface area contributed by atoms with Crippen LogP contribution in [0.2, 0.25) is 0 Å². The van der Waals surface area contributed by atoms with Crippen molar-refractivity contribution in [2.45, 2.75) is 0 Å². The second-order valence-corrected chi connectivity index (χ2v) is 6.77. The molecule has 0 unspecified atom stereocenters. The van der Waals surface area contributed by atoms with E-state index in [4.69, 9.17) is 19.0 Å². The number of nitro groups is 1. The Balaban J connectivity index is 1.63. The highest BCUT2D eigenvalue weighted by atomic mass is 16.7. The van der Waals surface area contributed by atoms with Gasteiger partial charge in [0.25, 0.3) is 11.6 Å². The number of carbonyl (C=O) groups excluding carboxylic acids is 2. The first-order valence-electron chi connectivity index (χ1n) is 9.94. The minimum Gasteiger partial charge on any atom is -0.493 e. The number of amides is 1. The van der Waals surface area contributed by atoms with Crippen molar-refractivity contribution in [3.05, 3.63) is 81.9 Å². The molecular formula is C23H20N4O8. The zero-order valence-electron chi connectivity index (χ0n) is 18.9. The number of hydrogen-bond acceptors (Lipinski definition) is 10. The molecule has 0 fully saturated rings. The minimum atomic E-state index is -0.727. The number of nitrogens with one attached hydrogen (secondary N) is 1. The number of azo groups is 1. The molecule has 3 rings (SSSR count). The average Bonchev–Trinajstić information content (AvgIpc) is 2.89. The van der Waals surface area contributed by atoms with Crippen LogP contribution in [0, 0.1) is 10.1 Å². The van der Waals surface area contributed by atoms with Crippen LogP contribution in [0.15, 0.2) is 70.9 Å². The molecule has 0 heterocycles. The number of anilines is 1. The van der Waals surface area contributed by atoms with Crippen molar-refractivity contribution in [3.63, 3.8) is 0 Å². The zero-order chi connectivity index (χ0) is 25.4. The summed E-state index contributed by atoms with van der Waals surface area (Å²) in [5, 5.41) is 18.2. The first-order valence-corrected chi connectivity index (χ1v) is 9.94. The molecule has 12 nitrogen and oxygen atoms in total. The third-order valence-corrected chi connectivity index (χ3v) is 4.59. The van der Waals surface area contributed by atoms with Gasteiger partial charge in [-0.25, -0.2) is 10.3 Å². The Hall–Kier alpha value is -5.00. The van der Waals surface area contributed by atoms with Crippen molar-refractivity contribution in [2.75, 3.05) is 26.8 Å². The molecule has 0 spiro atoms. The van der Waals surface area contributed by atoms with Gasteiger partial charge in [0.2, 0.25) is 5.75 Å². The zero-order valence-corrected chi connectivity index (χ0v) is 18.9. The van der Waals surface area contributed by atoms with Crippen LogP contribution in [0.1, 0.15) is 20.7 Å². The van der Waals surface area contributed by atoms with Gasteiger partial charge in [0.05, 0.1) is 48.8 Å². The quantitative estimate of drug-likeness (QED) is 0.260. The van der Waals surface area contributed by atoms with Crippen molar-refractivity contribution in [1.29, 1.82) is 0 Å². The van der Waals surface area contributed by atoms with E-state index in [1.165, 1.54) is 63.8 Å². The molecule has 0 aliphatic heterocycles. The second-order valence-electron chi connectivity index (χ2n) is 6.77. The molecule has 0 bridgehead atoms. The molecule has 0 aliphatic rings. The Kier molecular flexibility index (Phi) is 7.90. The van der Waals surface area contributed by atoms with E-state index in [-0.39, 0.29) is 16.8 Å². The number of benzene rings is 3. The van der Waals surface area contributed by atoms with Crippen molar-refractivity contribution < 1.29 is 33.6 Å². The fraction of sp³-hybridized carbons (Fsp3) is 0.130. The normalized spacial score (nSPS) is 10.5. The number of rotatable bonds is 9. The van der Waals surface area contributed by atoms with Crippen molar-refractivity contribution >= 4 is 28.9 Å². The Bertz CT molecular complexity index is 1250. The fourth-order valence-corrected chi connectivity index (χ4v) is 2.87. The minimum absolute atomic E-state index is 0.0416. The summed E-state index contributed by atoms with van der Waals surface area (Å²) in [5.74, 6) is -0.486. The highest BCUT2D eigenvalue weighted by molar-refractivity contribution is 5.95. The Morgan fingerprint density at radius 2 is 1.54 bits per heavy atom. The van der Waals surface area contributed by atoms with Crippen LogP contribution in [-0.4, -0.2) is 38.1 Å². The summed E-state index contributed by atoms with van der Waals surface area (Å²) in [6.07, 6.45) is 0. The summed E-state index contributed by atoms with van der Waals surface area (Å²) in [7, 11) is 4.31. The molecule has 3 aromatic carbocycles. The first-order chi connectivity index (χ1) is 16.9. The van der Waals surface area contributed by atoms with Gasteiger partial charge in [-0.2, -0.15) is 0 Å². The van der Waals surface area contributed by atoms with E-state index in [0.717, 1.165) is 6.07 Å². The molecule has 12 heteroatoms. The van der Waals surface area contributed by atoms with Gasteiger partial charge in [0.15, 0.2) is 11.5 Å². The van der Waals surface area contributed by atoms with Crippen LogP contribution >= 0.6 is 0 Å². The molecule has 0 saturated heterocycles. The Morgan fingerprint density at radius 3 is 2.11 bits per heavy atom. The van der Waals surface area contributed by atoms with Gasteiger partial charge in [0.1, 0.15) is 0 Å². The number of nitrogens with zero attached hydrogens (tertiary/aromatic N) is 3. The first kappa shape index (κ1) is 24.6. The largest absolute Gasteiger partial charge is 0.493 e. The number of hydrogen-bond donors (Lipinski definition) is 1. The van der Waals surface area contributed by atoms with Crippen LogP contribution < -0.4 is 19.7 Å². The number of nitro benzene ring substituents is 1. The summed E-state index contributed by atoms with van der Waals surface area (Å²) < 4.78 is 15.7. The molecule has 35 heavy (non-hydrogen) atoms. The van der Waals surface area contributed by atoms with Crippen molar-refractivity contribution in [3.8, 4) is 17.2 Å². The van der Waals surface area contributed by atoms with Crippen LogP contribution in [0.25, 0.3) is 0 Å². The van der Waals surface area contributed by atoms with E-state index >= 15 is 0 Å². The second kappa shape index (κ2) is 11.2. The smallest absolute Gasteiger partial charge is 0.363 e. The summed E-state index contributed by atoms with van der Waals surface area (Å²) in [4.78, 5) is 39.9. The number of ether oxygens (including phenoxy) is 3. The summed E-state index contributed by atoms with van der Waals surface area (Å²) in [6.45, 7) is 0. The highest BCUT2D eigenvalue weighted by Crippen LogP contribution is 2.38. The molecule has 0 aliphatic carbocycles. The van der Waals surface area contributed by atoms with Gasteiger partial charge in [-0.3, -0.25) is 14.9 Å². The van der Waals surface area contributed by atoms with E-state index < -0.39 is 16.8 Å². The fourth-order valence-electron chi connectivity index (χ4n) is 2.87. The molecule has 180 valence electrons. The number of methoxy groups -OCH3 is 3. The lowest BCUT2D eigenvalue weighted by molar-refractivity contribution is -0.384. The number of non-ortho nitro benzene ring substituents is 1. The van der Waals surface area contributed by atoms with Crippen molar-refractivity contribution in [1.82, 2.24) is 0 Å². The van der Waals surface area contributed by atoms with Crippen LogP contribution in [-0.2, 0) is 4.84 Å². The van der Waals surface area contributed by atoms with Gasteiger partial charge in [0, 0.05) is 12.1 Å². The molecule has 1 N–H and O–H groups in total. The molecule has 0 atom stereocenters. The lowest BCUT2D eigenvalue weighted by atomic mass is 10.2. The predicted octanol–water partition coefficient (Wildman–Crippen LogP) is 4.73. The van der Waals surface area contributed by atoms with Gasteiger partial charge in [-0.1, -0.05) is 6.07 Å². The van der Waals surface area contributed by atoms with E-state index in [1.54, 1.807) is 12.1 Å². The SMILES string of the molecule is COc1cc(C(=O)ONc2ccc(N=NC(=O)c3cccc([N+](=O)[O-])c3)cc2)cc(OC)c1OC. The molecule has 0 aromatic heterocycles. The van der Waals surface area contributed by atoms with Crippen LogP contribution in [0.5, 0.6) is 17.2 Å². The van der Waals surface area contributed by atoms with Gasteiger partial charge < -0.3 is 19.0 Å². The average molecular weight is 480 g/mol. The molecule has 0 saturated carbocycles.